The summed E-state index contributed by atoms with van der Waals surface area (Å²) < 4.78 is 41.2. The van der Waals surface area contributed by atoms with Crippen LogP contribution in [0.2, 0.25) is 0 Å². The van der Waals surface area contributed by atoms with Gasteiger partial charge in [0.15, 0.2) is 0 Å². The number of hydrogen-bond acceptors (Lipinski definition) is 2. The minimum absolute atomic E-state index is 0.103. The van der Waals surface area contributed by atoms with Gasteiger partial charge >= 0.3 is 0 Å². The van der Waals surface area contributed by atoms with Gasteiger partial charge in [0.05, 0.1) is 5.75 Å². The van der Waals surface area contributed by atoms with Gasteiger partial charge in [-0.2, -0.15) is 0 Å². The predicted molar refractivity (Wildman–Crippen MR) is 130 cm³/mol. The van der Waals surface area contributed by atoms with Crippen molar-refractivity contribution >= 4 is 37.6 Å². The minimum Gasteiger partial charge on any atom is -0.212 e. The van der Waals surface area contributed by atoms with Crippen molar-refractivity contribution in [3.05, 3.63) is 101 Å². The molecule has 1 N–H and O–H groups in total. The van der Waals surface area contributed by atoms with E-state index in [0.29, 0.717) is 6.42 Å². The molecule has 3 nitrogen and oxygen atoms in total. The standard InChI is InChI=1S/C27H24FNO2S/c28-22-12-7-19(8-13-22)4-3-17-32(30,31)29-23-14-9-21-11-15-25-24-6-2-1-5-20(24)10-16-26(25)27(21)18-23/h1-8,10-13,15-16,23,29H,9,14,17-18H2/t23-/m0/s1. The second-order valence-electron chi connectivity index (χ2n) is 8.38. The Hall–Kier alpha value is -3.02. The predicted octanol–water partition coefficient (Wildman–Crippen LogP) is 5.62. The summed E-state index contributed by atoms with van der Waals surface area (Å²) in [7, 11) is -3.46. The largest absolute Gasteiger partial charge is 0.215 e. The maximum absolute atomic E-state index is 13.0. The zero-order chi connectivity index (χ0) is 22.1. The van der Waals surface area contributed by atoms with Gasteiger partial charge in [-0.25, -0.2) is 17.5 Å². The lowest BCUT2D eigenvalue weighted by Gasteiger charge is -2.26. The molecular weight excluding hydrogens is 421 g/mol. The fraction of sp³-hybridized carbons (Fsp3) is 0.185. The van der Waals surface area contributed by atoms with Crippen LogP contribution in [0.4, 0.5) is 4.39 Å². The quantitative estimate of drug-likeness (QED) is 0.405. The summed E-state index contributed by atoms with van der Waals surface area (Å²) in [5, 5.41) is 4.86. The molecule has 162 valence electrons. The summed E-state index contributed by atoms with van der Waals surface area (Å²) in [6.45, 7) is 0. The maximum atomic E-state index is 13.0. The number of aryl methyl sites for hydroxylation is 1. The average molecular weight is 446 g/mol. The van der Waals surface area contributed by atoms with Crippen molar-refractivity contribution < 1.29 is 12.8 Å². The number of rotatable bonds is 5. The van der Waals surface area contributed by atoms with Crippen molar-refractivity contribution in [1.29, 1.82) is 0 Å². The zero-order valence-electron chi connectivity index (χ0n) is 17.6. The fourth-order valence-electron chi connectivity index (χ4n) is 4.64. The molecule has 1 aliphatic rings. The van der Waals surface area contributed by atoms with E-state index >= 15 is 0 Å². The molecular formula is C27H24FNO2S. The zero-order valence-corrected chi connectivity index (χ0v) is 18.4. The van der Waals surface area contributed by atoms with Gasteiger partial charge in [0.2, 0.25) is 10.0 Å². The highest BCUT2D eigenvalue weighted by atomic mass is 32.2. The third-order valence-electron chi connectivity index (χ3n) is 6.19. The first kappa shape index (κ1) is 20.9. The van der Waals surface area contributed by atoms with E-state index in [1.54, 1.807) is 24.3 Å². The molecule has 0 radical (unpaired) electrons. The van der Waals surface area contributed by atoms with E-state index in [2.05, 4.69) is 47.2 Å². The lowest BCUT2D eigenvalue weighted by molar-refractivity contribution is 0.511. The Morgan fingerprint density at radius 2 is 1.69 bits per heavy atom. The number of halogens is 1. The van der Waals surface area contributed by atoms with Crippen LogP contribution in [0.5, 0.6) is 0 Å². The van der Waals surface area contributed by atoms with Gasteiger partial charge in [0, 0.05) is 6.04 Å². The van der Waals surface area contributed by atoms with E-state index in [-0.39, 0.29) is 17.6 Å². The van der Waals surface area contributed by atoms with E-state index in [0.717, 1.165) is 18.4 Å². The van der Waals surface area contributed by atoms with E-state index in [1.807, 2.05) is 6.07 Å². The Kier molecular flexibility index (Phi) is 5.53. The highest BCUT2D eigenvalue weighted by Crippen LogP contribution is 2.33. The monoisotopic (exact) mass is 445 g/mol. The van der Waals surface area contributed by atoms with Crippen LogP contribution in [-0.2, 0) is 22.9 Å². The van der Waals surface area contributed by atoms with Gasteiger partial charge in [-0.05, 0) is 69.6 Å². The van der Waals surface area contributed by atoms with Crippen LogP contribution in [0, 0.1) is 5.82 Å². The lowest BCUT2D eigenvalue weighted by Crippen LogP contribution is -2.39. The first-order valence-electron chi connectivity index (χ1n) is 10.8. The molecule has 0 fully saturated rings. The highest BCUT2D eigenvalue weighted by molar-refractivity contribution is 7.89. The summed E-state index contributed by atoms with van der Waals surface area (Å²) in [5.74, 6) is -0.414. The molecule has 0 aromatic heterocycles. The molecule has 4 aromatic rings. The Morgan fingerprint density at radius 1 is 0.906 bits per heavy atom. The first-order chi connectivity index (χ1) is 15.5. The molecule has 0 aliphatic heterocycles. The topological polar surface area (TPSA) is 46.2 Å². The normalized spacial score (nSPS) is 16.6. The molecule has 5 heteroatoms. The van der Waals surface area contributed by atoms with Crippen molar-refractivity contribution in [1.82, 2.24) is 4.72 Å². The molecule has 0 saturated heterocycles. The summed E-state index contributed by atoms with van der Waals surface area (Å²) in [6, 6.07) is 22.9. The van der Waals surface area contributed by atoms with Crippen LogP contribution < -0.4 is 4.72 Å². The highest BCUT2D eigenvalue weighted by Gasteiger charge is 2.24. The lowest BCUT2D eigenvalue weighted by atomic mass is 9.84. The Balaban J connectivity index is 1.34. The van der Waals surface area contributed by atoms with Crippen molar-refractivity contribution in [3.63, 3.8) is 0 Å². The Bertz CT molecular complexity index is 1430. The smallest absolute Gasteiger partial charge is 0.212 e. The Labute approximate surface area is 187 Å². The molecule has 0 amide bonds. The summed E-state index contributed by atoms with van der Waals surface area (Å²) >= 11 is 0. The van der Waals surface area contributed by atoms with Crippen molar-refractivity contribution in [2.75, 3.05) is 5.75 Å². The third kappa shape index (κ3) is 4.31. The van der Waals surface area contributed by atoms with E-state index in [1.165, 1.54) is 44.8 Å². The number of nitrogens with one attached hydrogen (secondary N) is 1. The van der Waals surface area contributed by atoms with Crippen molar-refractivity contribution in [3.8, 4) is 0 Å². The van der Waals surface area contributed by atoms with Gasteiger partial charge in [0.25, 0.3) is 0 Å². The second kappa shape index (κ2) is 8.49. The first-order valence-corrected chi connectivity index (χ1v) is 12.5. The molecule has 0 saturated carbocycles. The van der Waals surface area contributed by atoms with Crippen LogP contribution in [-0.4, -0.2) is 20.2 Å². The number of benzene rings is 4. The summed E-state index contributed by atoms with van der Waals surface area (Å²) in [5.41, 5.74) is 3.32. The minimum atomic E-state index is -3.46. The molecule has 0 unspecified atom stereocenters. The van der Waals surface area contributed by atoms with Gasteiger partial charge in [0.1, 0.15) is 5.82 Å². The van der Waals surface area contributed by atoms with Crippen molar-refractivity contribution in [2.45, 2.75) is 25.3 Å². The molecule has 5 rings (SSSR count). The SMILES string of the molecule is O=S(=O)(CC=Cc1ccc(F)cc1)N[C@H]1CCc2ccc3c(ccc4ccccc43)c2C1. The summed E-state index contributed by atoms with van der Waals surface area (Å²) in [4.78, 5) is 0. The number of hydrogen-bond donors (Lipinski definition) is 1. The third-order valence-corrected chi connectivity index (χ3v) is 7.51. The van der Waals surface area contributed by atoms with Crippen LogP contribution in [0.15, 0.2) is 78.9 Å². The van der Waals surface area contributed by atoms with Crippen LogP contribution >= 0.6 is 0 Å². The second-order valence-corrected chi connectivity index (χ2v) is 10.2. The number of sulfonamides is 1. The van der Waals surface area contributed by atoms with Gasteiger partial charge in [-0.15, -0.1) is 0 Å². The molecule has 32 heavy (non-hydrogen) atoms. The van der Waals surface area contributed by atoms with Gasteiger partial charge < -0.3 is 0 Å². The fourth-order valence-corrected chi connectivity index (χ4v) is 5.79. The maximum Gasteiger partial charge on any atom is 0.215 e. The number of fused-ring (bicyclic) bond motifs is 5. The Morgan fingerprint density at radius 3 is 2.53 bits per heavy atom. The molecule has 1 aliphatic carbocycles. The van der Waals surface area contributed by atoms with Crippen LogP contribution in [0.3, 0.4) is 0 Å². The average Bonchev–Trinajstić information content (AvgIpc) is 2.79. The van der Waals surface area contributed by atoms with Gasteiger partial charge in [-0.3, -0.25) is 0 Å². The molecule has 1 atom stereocenters. The van der Waals surface area contributed by atoms with E-state index in [4.69, 9.17) is 0 Å². The van der Waals surface area contributed by atoms with Gasteiger partial charge in [-0.1, -0.05) is 72.8 Å². The molecule has 4 aromatic carbocycles. The van der Waals surface area contributed by atoms with E-state index < -0.39 is 10.0 Å². The molecule has 0 heterocycles. The van der Waals surface area contributed by atoms with Crippen LogP contribution in [0.25, 0.3) is 27.6 Å². The van der Waals surface area contributed by atoms with Crippen LogP contribution in [0.1, 0.15) is 23.1 Å². The molecule has 0 bridgehead atoms. The van der Waals surface area contributed by atoms with E-state index in [9.17, 15) is 12.8 Å². The molecule has 0 spiro atoms. The van der Waals surface area contributed by atoms with Crippen molar-refractivity contribution in [2.24, 2.45) is 0 Å². The summed E-state index contributed by atoms with van der Waals surface area (Å²) in [6.07, 6.45) is 5.64.